The van der Waals surface area contributed by atoms with Gasteiger partial charge in [-0.1, -0.05) is 15.9 Å². The smallest absolute Gasteiger partial charge is 0.251 e. The second-order valence-electron chi connectivity index (χ2n) is 3.72. The third-order valence-electron chi connectivity index (χ3n) is 2.42. The Labute approximate surface area is 108 Å². The average molecular weight is 294 g/mol. The van der Waals surface area contributed by atoms with E-state index in [1.165, 1.54) is 0 Å². The summed E-state index contributed by atoms with van der Waals surface area (Å²) < 4.78 is 6.18. The van der Waals surface area contributed by atoms with Crippen molar-refractivity contribution in [1.82, 2.24) is 5.32 Å². The normalized spacial score (nSPS) is 12.1. The molecule has 1 aromatic heterocycles. The molecule has 1 amide bonds. The van der Waals surface area contributed by atoms with Gasteiger partial charge < -0.3 is 9.73 Å². The van der Waals surface area contributed by atoms with Crippen LogP contribution in [-0.2, 0) is 0 Å². The molecule has 0 aliphatic heterocycles. The summed E-state index contributed by atoms with van der Waals surface area (Å²) in [6.07, 6.45) is 1.59. The van der Waals surface area contributed by atoms with E-state index in [1.807, 2.05) is 25.1 Å². The average Bonchev–Trinajstić information content (AvgIpc) is 2.83. The van der Waals surface area contributed by atoms with E-state index in [4.69, 9.17) is 4.42 Å². The second kappa shape index (κ2) is 5.19. The Morgan fingerprint density at radius 3 is 2.59 bits per heavy atom. The van der Waals surface area contributed by atoms with Crippen LogP contribution in [0.15, 0.2) is 51.6 Å². The van der Waals surface area contributed by atoms with Crippen LogP contribution in [0.3, 0.4) is 0 Å². The molecule has 2 aromatic rings. The van der Waals surface area contributed by atoms with Gasteiger partial charge in [0.25, 0.3) is 5.91 Å². The largest absolute Gasteiger partial charge is 0.467 e. The van der Waals surface area contributed by atoms with Crippen LogP contribution in [0.25, 0.3) is 0 Å². The van der Waals surface area contributed by atoms with E-state index >= 15 is 0 Å². The Bertz CT molecular complexity index is 491. The number of halogens is 1. The second-order valence-corrected chi connectivity index (χ2v) is 4.63. The van der Waals surface area contributed by atoms with Gasteiger partial charge in [-0.05, 0) is 43.3 Å². The number of benzene rings is 1. The van der Waals surface area contributed by atoms with Gasteiger partial charge >= 0.3 is 0 Å². The van der Waals surface area contributed by atoms with Crippen molar-refractivity contribution in [1.29, 1.82) is 0 Å². The van der Waals surface area contributed by atoms with Gasteiger partial charge in [-0.3, -0.25) is 4.79 Å². The number of hydrogen-bond donors (Lipinski definition) is 1. The maximum atomic E-state index is 11.9. The Balaban J connectivity index is 2.04. The molecule has 0 fully saturated rings. The van der Waals surface area contributed by atoms with E-state index < -0.39 is 0 Å². The van der Waals surface area contributed by atoms with Gasteiger partial charge in [0, 0.05) is 10.0 Å². The number of rotatable bonds is 3. The van der Waals surface area contributed by atoms with Gasteiger partial charge in [0.1, 0.15) is 5.76 Å². The maximum absolute atomic E-state index is 11.9. The zero-order chi connectivity index (χ0) is 12.3. The summed E-state index contributed by atoms with van der Waals surface area (Å²) in [5.41, 5.74) is 0.631. The van der Waals surface area contributed by atoms with E-state index in [9.17, 15) is 4.79 Å². The van der Waals surface area contributed by atoms with Crippen molar-refractivity contribution in [3.8, 4) is 0 Å². The van der Waals surface area contributed by atoms with Gasteiger partial charge in [0.2, 0.25) is 0 Å². The molecule has 0 aliphatic rings. The fraction of sp³-hybridized carbons (Fsp3) is 0.154. The zero-order valence-electron chi connectivity index (χ0n) is 9.31. The van der Waals surface area contributed by atoms with Crippen molar-refractivity contribution in [2.75, 3.05) is 0 Å². The third-order valence-corrected chi connectivity index (χ3v) is 2.95. The van der Waals surface area contributed by atoms with Crippen molar-refractivity contribution < 1.29 is 9.21 Å². The molecule has 0 spiro atoms. The van der Waals surface area contributed by atoms with Crippen molar-refractivity contribution in [3.05, 3.63) is 58.5 Å². The lowest BCUT2D eigenvalue weighted by molar-refractivity contribution is 0.0935. The first-order chi connectivity index (χ1) is 8.16. The minimum atomic E-state index is -0.138. The number of amides is 1. The summed E-state index contributed by atoms with van der Waals surface area (Å²) in [5.74, 6) is 0.636. The van der Waals surface area contributed by atoms with Crippen LogP contribution in [-0.4, -0.2) is 5.91 Å². The summed E-state index contributed by atoms with van der Waals surface area (Å²) in [6.45, 7) is 1.88. The summed E-state index contributed by atoms with van der Waals surface area (Å²) >= 11 is 3.33. The Kier molecular flexibility index (Phi) is 3.64. The molecule has 0 saturated heterocycles. The molecule has 0 aliphatic carbocycles. The summed E-state index contributed by atoms with van der Waals surface area (Å²) in [6, 6.07) is 10.7. The quantitative estimate of drug-likeness (QED) is 0.941. The lowest BCUT2D eigenvalue weighted by Gasteiger charge is -2.11. The van der Waals surface area contributed by atoms with Gasteiger partial charge in [0.15, 0.2) is 0 Å². The highest BCUT2D eigenvalue weighted by molar-refractivity contribution is 9.10. The Morgan fingerprint density at radius 2 is 2.00 bits per heavy atom. The SMILES string of the molecule is C[C@H](NC(=O)c1ccc(Br)cc1)c1ccco1. The van der Waals surface area contributed by atoms with E-state index in [1.54, 1.807) is 24.5 Å². The van der Waals surface area contributed by atoms with Crippen LogP contribution < -0.4 is 5.32 Å². The highest BCUT2D eigenvalue weighted by atomic mass is 79.9. The van der Waals surface area contributed by atoms with Crippen molar-refractivity contribution >= 4 is 21.8 Å². The first-order valence-corrected chi connectivity index (χ1v) is 6.06. The molecule has 1 N–H and O–H groups in total. The Hall–Kier alpha value is -1.55. The van der Waals surface area contributed by atoms with Crippen LogP contribution >= 0.6 is 15.9 Å². The fourth-order valence-electron chi connectivity index (χ4n) is 1.49. The molecule has 4 heteroatoms. The van der Waals surface area contributed by atoms with Crippen LogP contribution in [0.5, 0.6) is 0 Å². The minimum absolute atomic E-state index is 0.110. The predicted molar refractivity (Wildman–Crippen MR) is 68.7 cm³/mol. The molecule has 1 aromatic carbocycles. The molecule has 2 rings (SSSR count). The zero-order valence-corrected chi connectivity index (χ0v) is 10.9. The molecule has 0 saturated carbocycles. The number of carbonyl (C=O) groups is 1. The highest BCUT2D eigenvalue weighted by Gasteiger charge is 2.12. The molecular formula is C13H12BrNO2. The van der Waals surface area contributed by atoms with Crippen LogP contribution in [0.1, 0.15) is 29.1 Å². The number of hydrogen-bond acceptors (Lipinski definition) is 2. The molecule has 1 heterocycles. The van der Waals surface area contributed by atoms with E-state index in [0.29, 0.717) is 5.56 Å². The number of furan rings is 1. The molecule has 17 heavy (non-hydrogen) atoms. The van der Waals surface area contributed by atoms with E-state index in [0.717, 1.165) is 10.2 Å². The monoisotopic (exact) mass is 293 g/mol. The first kappa shape index (κ1) is 11.9. The van der Waals surface area contributed by atoms with Crippen LogP contribution in [0.4, 0.5) is 0 Å². The highest BCUT2D eigenvalue weighted by Crippen LogP contribution is 2.14. The van der Waals surface area contributed by atoms with E-state index in [-0.39, 0.29) is 11.9 Å². The van der Waals surface area contributed by atoms with Gasteiger partial charge in [-0.15, -0.1) is 0 Å². The summed E-state index contributed by atoms with van der Waals surface area (Å²) in [7, 11) is 0. The predicted octanol–water partition coefficient (Wildman–Crippen LogP) is 3.53. The summed E-state index contributed by atoms with van der Waals surface area (Å²) in [4.78, 5) is 11.9. The van der Waals surface area contributed by atoms with Crippen LogP contribution in [0, 0.1) is 0 Å². The van der Waals surface area contributed by atoms with Gasteiger partial charge in [-0.25, -0.2) is 0 Å². The maximum Gasteiger partial charge on any atom is 0.251 e. The fourth-order valence-corrected chi connectivity index (χ4v) is 1.75. The lowest BCUT2D eigenvalue weighted by Crippen LogP contribution is -2.26. The van der Waals surface area contributed by atoms with Crippen LogP contribution in [0.2, 0.25) is 0 Å². The number of carbonyl (C=O) groups excluding carboxylic acids is 1. The molecule has 88 valence electrons. The molecular weight excluding hydrogens is 282 g/mol. The van der Waals surface area contributed by atoms with Crippen molar-refractivity contribution in [2.45, 2.75) is 13.0 Å². The van der Waals surface area contributed by atoms with Crippen molar-refractivity contribution in [2.24, 2.45) is 0 Å². The molecule has 0 unspecified atom stereocenters. The number of nitrogens with one attached hydrogen (secondary N) is 1. The topological polar surface area (TPSA) is 42.2 Å². The molecule has 1 atom stereocenters. The Morgan fingerprint density at radius 1 is 1.29 bits per heavy atom. The molecule has 3 nitrogen and oxygen atoms in total. The summed E-state index contributed by atoms with van der Waals surface area (Å²) in [5, 5.41) is 2.87. The van der Waals surface area contributed by atoms with Gasteiger partial charge in [-0.2, -0.15) is 0 Å². The van der Waals surface area contributed by atoms with Gasteiger partial charge in [0.05, 0.1) is 12.3 Å². The molecule has 0 bridgehead atoms. The lowest BCUT2D eigenvalue weighted by atomic mass is 10.2. The minimum Gasteiger partial charge on any atom is -0.467 e. The van der Waals surface area contributed by atoms with E-state index in [2.05, 4.69) is 21.2 Å². The third kappa shape index (κ3) is 2.97. The molecule has 0 radical (unpaired) electrons. The standard InChI is InChI=1S/C13H12BrNO2/c1-9(12-3-2-8-17-12)15-13(16)10-4-6-11(14)7-5-10/h2-9H,1H3,(H,15,16)/t9-/m0/s1. The van der Waals surface area contributed by atoms with Crippen molar-refractivity contribution in [3.63, 3.8) is 0 Å². The first-order valence-electron chi connectivity index (χ1n) is 5.26.